The lowest BCUT2D eigenvalue weighted by molar-refractivity contribution is -0.148. The summed E-state index contributed by atoms with van der Waals surface area (Å²) in [6.07, 6.45) is 1.74. The number of ether oxygens (including phenoxy) is 2. The largest absolute Gasteiger partial charge is 0.465 e. The van der Waals surface area contributed by atoms with E-state index < -0.39 is 28.0 Å². The molecule has 1 aliphatic heterocycles. The molecule has 1 aromatic carbocycles. The third-order valence-corrected chi connectivity index (χ3v) is 6.34. The molecule has 1 aliphatic rings. The van der Waals surface area contributed by atoms with E-state index in [4.69, 9.17) is 16.3 Å². The first-order chi connectivity index (χ1) is 11.8. The van der Waals surface area contributed by atoms with E-state index in [0.29, 0.717) is 12.8 Å². The molecular weight excluding hydrogens is 370 g/mol. The number of esters is 2. The van der Waals surface area contributed by atoms with Crippen LogP contribution in [0.1, 0.15) is 36.5 Å². The average Bonchev–Trinajstić information content (AvgIpc) is 2.61. The van der Waals surface area contributed by atoms with Gasteiger partial charge in [-0.05, 0) is 44.4 Å². The normalized spacial score (nSPS) is 18.6. The lowest BCUT2D eigenvalue weighted by atomic mass is 10.1. The van der Waals surface area contributed by atoms with Crippen LogP contribution in [0.25, 0.3) is 0 Å². The van der Waals surface area contributed by atoms with Gasteiger partial charge in [0.2, 0.25) is 10.0 Å². The topological polar surface area (TPSA) is 90.0 Å². The minimum atomic E-state index is -4.08. The summed E-state index contributed by atoms with van der Waals surface area (Å²) in [4.78, 5) is 23.6. The Labute approximate surface area is 151 Å². The number of carbonyl (C=O) groups excluding carboxylic acids is 2. The standard InChI is InChI=1S/C16H20ClNO6S/c1-3-24-16(20)13-6-4-5-9-18(13)25(21,22)14-10-11(15(19)23-2)7-8-12(14)17/h7-8,10,13H,3-6,9H2,1-2H3/t13-/m0/s1. The molecule has 0 saturated carbocycles. The minimum absolute atomic E-state index is 0.0270. The number of rotatable bonds is 5. The minimum Gasteiger partial charge on any atom is -0.465 e. The lowest BCUT2D eigenvalue weighted by Crippen LogP contribution is -2.48. The van der Waals surface area contributed by atoms with Crippen molar-refractivity contribution in [1.29, 1.82) is 0 Å². The molecule has 0 aromatic heterocycles. The predicted molar refractivity (Wildman–Crippen MR) is 91.0 cm³/mol. The molecule has 2 rings (SSSR count). The number of sulfonamides is 1. The highest BCUT2D eigenvalue weighted by Crippen LogP contribution is 2.31. The number of hydrogen-bond donors (Lipinski definition) is 0. The molecule has 1 saturated heterocycles. The maximum atomic E-state index is 13.1. The van der Waals surface area contributed by atoms with Gasteiger partial charge in [0, 0.05) is 6.54 Å². The van der Waals surface area contributed by atoms with Crippen molar-refractivity contribution in [1.82, 2.24) is 4.31 Å². The summed E-state index contributed by atoms with van der Waals surface area (Å²) in [5.41, 5.74) is 0.0650. The van der Waals surface area contributed by atoms with E-state index in [-0.39, 0.29) is 28.6 Å². The molecule has 138 valence electrons. The Hall–Kier alpha value is -1.64. The quantitative estimate of drug-likeness (QED) is 0.717. The van der Waals surface area contributed by atoms with Crippen LogP contribution >= 0.6 is 11.6 Å². The SMILES string of the molecule is CCOC(=O)[C@@H]1CCCCN1S(=O)(=O)c1cc(C(=O)OC)ccc1Cl. The number of carbonyl (C=O) groups is 2. The van der Waals surface area contributed by atoms with E-state index in [2.05, 4.69) is 4.74 Å². The van der Waals surface area contributed by atoms with Crippen LogP contribution in [0.4, 0.5) is 0 Å². The molecular formula is C16H20ClNO6S. The van der Waals surface area contributed by atoms with E-state index >= 15 is 0 Å². The Morgan fingerprint density at radius 1 is 1.32 bits per heavy atom. The van der Waals surface area contributed by atoms with Gasteiger partial charge in [-0.25, -0.2) is 13.2 Å². The van der Waals surface area contributed by atoms with Gasteiger partial charge in [0.05, 0.1) is 24.3 Å². The van der Waals surface area contributed by atoms with Gasteiger partial charge >= 0.3 is 11.9 Å². The van der Waals surface area contributed by atoms with Crippen LogP contribution in [0.5, 0.6) is 0 Å². The fourth-order valence-corrected chi connectivity index (χ4v) is 4.89. The smallest absolute Gasteiger partial charge is 0.337 e. The molecule has 0 spiro atoms. The molecule has 0 radical (unpaired) electrons. The van der Waals surface area contributed by atoms with E-state index in [9.17, 15) is 18.0 Å². The van der Waals surface area contributed by atoms with Crippen LogP contribution in [-0.2, 0) is 24.3 Å². The van der Waals surface area contributed by atoms with E-state index in [0.717, 1.165) is 10.7 Å². The first kappa shape index (κ1) is 19.7. The van der Waals surface area contributed by atoms with Gasteiger partial charge in [0.15, 0.2) is 0 Å². The highest BCUT2D eigenvalue weighted by molar-refractivity contribution is 7.89. The summed E-state index contributed by atoms with van der Waals surface area (Å²) < 4.78 is 36.9. The summed E-state index contributed by atoms with van der Waals surface area (Å²) in [5, 5.41) is -0.0270. The van der Waals surface area contributed by atoms with Gasteiger partial charge in [-0.1, -0.05) is 11.6 Å². The molecule has 9 heteroatoms. The van der Waals surface area contributed by atoms with Gasteiger partial charge in [0.25, 0.3) is 0 Å². The average molecular weight is 390 g/mol. The Kier molecular flexibility index (Phi) is 6.42. The molecule has 0 unspecified atom stereocenters. The number of halogens is 1. The molecule has 0 bridgehead atoms. The lowest BCUT2D eigenvalue weighted by Gasteiger charge is -2.33. The van der Waals surface area contributed by atoms with Crippen molar-refractivity contribution in [3.63, 3.8) is 0 Å². The van der Waals surface area contributed by atoms with Gasteiger partial charge in [-0.2, -0.15) is 4.31 Å². The van der Waals surface area contributed by atoms with Crippen molar-refractivity contribution < 1.29 is 27.5 Å². The van der Waals surface area contributed by atoms with Crippen molar-refractivity contribution in [3.8, 4) is 0 Å². The van der Waals surface area contributed by atoms with Crippen LogP contribution in [-0.4, -0.2) is 51.0 Å². The van der Waals surface area contributed by atoms with Crippen molar-refractivity contribution in [3.05, 3.63) is 28.8 Å². The van der Waals surface area contributed by atoms with Crippen molar-refractivity contribution in [2.24, 2.45) is 0 Å². The Morgan fingerprint density at radius 3 is 2.68 bits per heavy atom. The molecule has 25 heavy (non-hydrogen) atoms. The van der Waals surface area contributed by atoms with Crippen LogP contribution in [0.2, 0.25) is 5.02 Å². The van der Waals surface area contributed by atoms with Crippen molar-refractivity contribution in [2.45, 2.75) is 37.1 Å². The summed E-state index contributed by atoms with van der Waals surface area (Å²) in [6, 6.07) is 2.98. The molecule has 1 fully saturated rings. The maximum Gasteiger partial charge on any atom is 0.337 e. The Bertz CT molecular complexity index is 764. The zero-order chi connectivity index (χ0) is 18.6. The third-order valence-electron chi connectivity index (χ3n) is 3.95. The second kappa shape index (κ2) is 8.16. The molecule has 1 heterocycles. The van der Waals surface area contributed by atoms with Crippen LogP contribution < -0.4 is 0 Å². The molecule has 0 N–H and O–H groups in total. The molecule has 0 amide bonds. The summed E-state index contributed by atoms with van der Waals surface area (Å²) in [7, 11) is -2.88. The fourth-order valence-electron chi connectivity index (χ4n) is 2.74. The summed E-state index contributed by atoms with van der Waals surface area (Å²) >= 11 is 6.06. The summed E-state index contributed by atoms with van der Waals surface area (Å²) in [5.74, 6) is -1.25. The first-order valence-electron chi connectivity index (χ1n) is 7.89. The molecule has 0 aliphatic carbocycles. The maximum absolute atomic E-state index is 13.1. The summed E-state index contributed by atoms with van der Waals surface area (Å²) in [6.45, 7) is 2.02. The first-order valence-corrected chi connectivity index (χ1v) is 9.71. The Balaban J connectivity index is 2.45. The van der Waals surface area contributed by atoms with Gasteiger partial charge < -0.3 is 9.47 Å². The highest BCUT2D eigenvalue weighted by atomic mass is 35.5. The van der Waals surface area contributed by atoms with E-state index in [1.54, 1.807) is 6.92 Å². The third kappa shape index (κ3) is 4.13. The number of nitrogens with zero attached hydrogens (tertiary/aromatic N) is 1. The fraction of sp³-hybridized carbons (Fsp3) is 0.500. The number of methoxy groups -OCH3 is 1. The van der Waals surface area contributed by atoms with Crippen molar-refractivity contribution >= 4 is 33.6 Å². The van der Waals surface area contributed by atoms with Crippen LogP contribution in [0, 0.1) is 0 Å². The van der Waals surface area contributed by atoms with Gasteiger partial charge in [-0.15, -0.1) is 0 Å². The van der Waals surface area contributed by atoms with Gasteiger partial charge in [0.1, 0.15) is 10.9 Å². The predicted octanol–water partition coefficient (Wildman–Crippen LogP) is 2.23. The van der Waals surface area contributed by atoms with Crippen LogP contribution in [0.15, 0.2) is 23.1 Å². The highest BCUT2D eigenvalue weighted by Gasteiger charge is 2.39. The Morgan fingerprint density at radius 2 is 2.04 bits per heavy atom. The monoisotopic (exact) mass is 389 g/mol. The molecule has 7 nitrogen and oxygen atoms in total. The number of hydrogen-bond acceptors (Lipinski definition) is 6. The second-order valence-electron chi connectivity index (χ2n) is 5.52. The zero-order valence-electron chi connectivity index (χ0n) is 14.0. The molecule has 1 atom stereocenters. The zero-order valence-corrected chi connectivity index (χ0v) is 15.6. The van der Waals surface area contributed by atoms with Crippen LogP contribution in [0.3, 0.4) is 0 Å². The van der Waals surface area contributed by atoms with E-state index in [1.807, 2.05) is 0 Å². The number of piperidine rings is 1. The van der Waals surface area contributed by atoms with E-state index in [1.165, 1.54) is 25.3 Å². The molecule has 1 aromatic rings. The second-order valence-corrected chi connectivity index (χ2v) is 7.78. The van der Waals surface area contributed by atoms with Gasteiger partial charge in [-0.3, -0.25) is 4.79 Å². The number of benzene rings is 1. The van der Waals surface area contributed by atoms with Crippen molar-refractivity contribution in [2.75, 3.05) is 20.3 Å².